The SMILES string of the molecule is COc1ccc(Br)cc1NC(=O)c1ccc(N)cc1. The van der Waals surface area contributed by atoms with Gasteiger partial charge in [-0.05, 0) is 42.5 Å². The summed E-state index contributed by atoms with van der Waals surface area (Å²) in [6.45, 7) is 0. The van der Waals surface area contributed by atoms with Crippen molar-refractivity contribution in [3.63, 3.8) is 0 Å². The van der Waals surface area contributed by atoms with Gasteiger partial charge in [-0.3, -0.25) is 4.79 Å². The standard InChI is InChI=1S/C14H13BrN2O2/c1-19-13-7-4-10(15)8-12(13)17-14(18)9-2-5-11(16)6-3-9/h2-8H,16H2,1H3,(H,17,18). The average Bonchev–Trinajstić information content (AvgIpc) is 2.39. The molecule has 98 valence electrons. The van der Waals surface area contributed by atoms with Crippen molar-refractivity contribution >= 4 is 33.2 Å². The van der Waals surface area contributed by atoms with Gasteiger partial charge >= 0.3 is 0 Å². The third-order valence-corrected chi connectivity index (χ3v) is 3.08. The zero-order chi connectivity index (χ0) is 13.8. The molecule has 2 aromatic rings. The quantitative estimate of drug-likeness (QED) is 0.853. The van der Waals surface area contributed by atoms with Crippen LogP contribution in [0.25, 0.3) is 0 Å². The van der Waals surface area contributed by atoms with Crippen LogP contribution in [0.1, 0.15) is 10.4 Å². The average molecular weight is 321 g/mol. The number of amides is 1. The summed E-state index contributed by atoms with van der Waals surface area (Å²) in [6.07, 6.45) is 0. The lowest BCUT2D eigenvalue weighted by molar-refractivity contribution is 0.102. The fourth-order valence-corrected chi connectivity index (χ4v) is 1.97. The first-order chi connectivity index (χ1) is 9.10. The summed E-state index contributed by atoms with van der Waals surface area (Å²) >= 11 is 3.36. The molecular formula is C14H13BrN2O2. The number of ether oxygens (including phenoxy) is 1. The molecule has 3 N–H and O–H groups in total. The third kappa shape index (κ3) is 3.26. The largest absolute Gasteiger partial charge is 0.495 e. The van der Waals surface area contributed by atoms with Crippen LogP contribution < -0.4 is 15.8 Å². The minimum Gasteiger partial charge on any atom is -0.495 e. The lowest BCUT2D eigenvalue weighted by Crippen LogP contribution is -2.12. The molecule has 0 aromatic heterocycles. The van der Waals surface area contributed by atoms with Crippen molar-refractivity contribution in [1.29, 1.82) is 0 Å². The molecule has 19 heavy (non-hydrogen) atoms. The van der Waals surface area contributed by atoms with Crippen LogP contribution in [-0.2, 0) is 0 Å². The van der Waals surface area contributed by atoms with Crippen molar-refractivity contribution < 1.29 is 9.53 Å². The highest BCUT2D eigenvalue weighted by Crippen LogP contribution is 2.28. The topological polar surface area (TPSA) is 64.3 Å². The highest BCUT2D eigenvalue weighted by molar-refractivity contribution is 9.10. The number of methoxy groups -OCH3 is 1. The number of nitrogen functional groups attached to an aromatic ring is 1. The second-order valence-electron chi connectivity index (χ2n) is 3.92. The second-order valence-corrected chi connectivity index (χ2v) is 4.84. The molecule has 0 saturated heterocycles. The Morgan fingerprint density at radius 1 is 1.21 bits per heavy atom. The van der Waals surface area contributed by atoms with E-state index in [2.05, 4.69) is 21.2 Å². The van der Waals surface area contributed by atoms with Gasteiger partial charge < -0.3 is 15.8 Å². The molecule has 4 nitrogen and oxygen atoms in total. The van der Waals surface area contributed by atoms with Gasteiger partial charge in [0, 0.05) is 15.7 Å². The van der Waals surface area contributed by atoms with Crippen LogP contribution in [0.2, 0.25) is 0 Å². The minimum atomic E-state index is -0.212. The Morgan fingerprint density at radius 3 is 2.53 bits per heavy atom. The molecule has 2 aromatic carbocycles. The van der Waals surface area contributed by atoms with E-state index in [0.717, 1.165) is 4.47 Å². The summed E-state index contributed by atoms with van der Waals surface area (Å²) in [7, 11) is 1.56. The van der Waals surface area contributed by atoms with Gasteiger partial charge in [0.05, 0.1) is 12.8 Å². The van der Waals surface area contributed by atoms with Crippen LogP contribution >= 0.6 is 15.9 Å². The van der Waals surface area contributed by atoms with E-state index in [1.807, 2.05) is 6.07 Å². The monoisotopic (exact) mass is 320 g/mol. The summed E-state index contributed by atoms with van der Waals surface area (Å²) in [6, 6.07) is 12.1. The number of rotatable bonds is 3. The van der Waals surface area contributed by atoms with Crippen molar-refractivity contribution in [1.82, 2.24) is 0 Å². The molecule has 0 fully saturated rings. The number of hydrogen-bond donors (Lipinski definition) is 2. The van der Waals surface area contributed by atoms with E-state index >= 15 is 0 Å². The number of halogens is 1. The lowest BCUT2D eigenvalue weighted by Gasteiger charge is -2.10. The Balaban J connectivity index is 2.23. The maximum Gasteiger partial charge on any atom is 0.255 e. The molecule has 0 radical (unpaired) electrons. The molecule has 0 saturated carbocycles. The van der Waals surface area contributed by atoms with Gasteiger partial charge in [0.2, 0.25) is 0 Å². The molecule has 0 spiro atoms. The number of benzene rings is 2. The third-order valence-electron chi connectivity index (χ3n) is 2.58. The summed E-state index contributed by atoms with van der Waals surface area (Å²) < 4.78 is 6.06. The fraction of sp³-hybridized carbons (Fsp3) is 0.0714. The summed E-state index contributed by atoms with van der Waals surface area (Å²) in [4.78, 5) is 12.1. The summed E-state index contributed by atoms with van der Waals surface area (Å²) in [5.41, 5.74) is 7.36. The molecule has 2 rings (SSSR count). The first kappa shape index (κ1) is 13.4. The first-order valence-corrected chi connectivity index (χ1v) is 6.40. The van der Waals surface area contributed by atoms with E-state index in [-0.39, 0.29) is 5.91 Å². The molecule has 0 bridgehead atoms. The Kier molecular flexibility index (Phi) is 4.06. The molecule has 5 heteroatoms. The van der Waals surface area contributed by atoms with Crippen LogP contribution in [0.5, 0.6) is 5.75 Å². The van der Waals surface area contributed by atoms with E-state index in [1.165, 1.54) is 0 Å². The Hall–Kier alpha value is -2.01. The number of anilines is 2. The molecule has 0 unspecified atom stereocenters. The van der Waals surface area contributed by atoms with Gasteiger partial charge in [-0.2, -0.15) is 0 Å². The summed E-state index contributed by atoms with van der Waals surface area (Å²) in [5, 5.41) is 2.80. The normalized spacial score (nSPS) is 10.0. The Morgan fingerprint density at radius 2 is 1.89 bits per heavy atom. The van der Waals surface area contributed by atoms with Gasteiger partial charge in [0.25, 0.3) is 5.91 Å². The van der Waals surface area contributed by atoms with Crippen molar-refractivity contribution in [3.8, 4) is 5.75 Å². The first-order valence-electron chi connectivity index (χ1n) is 5.60. The zero-order valence-electron chi connectivity index (χ0n) is 10.3. The van der Waals surface area contributed by atoms with Crippen LogP contribution in [0.4, 0.5) is 11.4 Å². The Bertz CT molecular complexity index is 597. The van der Waals surface area contributed by atoms with Crippen LogP contribution in [-0.4, -0.2) is 13.0 Å². The van der Waals surface area contributed by atoms with E-state index < -0.39 is 0 Å². The molecule has 0 heterocycles. The molecule has 0 aliphatic rings. The number of nitrogens with one attached hydrogen (secondary N) is 1. The molecule has 0 atom stereocenters. The predicted molar refractivity (Wildman–Crippen MR) is 79.5 cm³/mol. The van der Waals surface area contributed by atoms with Gasteiger partial charge in [0.15, 0.2) is 0 Å². The predicted octanol–water partition coefficient (Wildman–Crippen LogP) is 3.29. The second kappa shape index (κ2) is 5.75. The molecular weight excluding hydrogens is 308 g/mol. The van der Waals surface area contributed by atoms with E-state index in [0.29, 0.717) is 22.7 Å². The van der Waals surface area contributed by atoms with Gasteiger partial charge in [-0.25, -0.2) is 0 Å². The van der Waals surface area contributed by atoms with Gasteiger partial charge in [0.1, 0.15) is 5.75 Å². The maximum atomic E-state index is 12.1. The number of carbonyl (C=O) groups excluding carboxylic acids is 1. The summed E-state index contributed by atoms with van der Waals surface area (Å²) in [5.74, 6) is 0.392. The smallest absolute Gasteiger partial charge is 0.255 e. The van der Waals surface area contributed by atoms with Crippen LogP contribution in [0.15, 0.2) is 46.9 Å². The maximum absolute atomic E-state index is 12.1. The number of nitrogens with two attached hydrogens (primary N) is 1. The fourth-order valence-electron chi connectivity index (χ4n) is 1.61. The van der Waals surface area contributed by atoms with Crippen molar-refractivity contribution in [2.24, 2.45) is 0 Å². The van der Waals surface area contributed by atoms with Crippen LogP contribution in [0, 0.1) is 0 Å². The highest BCUT2D eigenvalue weighted by Gasteiger charge is 2.10. The van der Waals surface area contributed by atoms with E-state index in [4.69, 9.17) is 10.5 Å². The van der Waals surface area contributed by atoms with E-state index in [1.54, 1.807) is 43.5 Å². The Labute approximate surface area is 119 Å². The van der Waals surface area contributed by atoms with Gasteiger partial charge in [-0.15, -0.1) is 0 Å². The number of carbonyl (C=O) groups is 1. The highest BCUT2D eigenvalue weighted by atomic mass is 79.9. The molecule has 1 amide bonds. The lowest BCUT2D eigenvalue weighted by atomic mass is 10.2. The van der Waals surface area contributed by atoms with Gasteiger partial charge in [-0.1, -0.05) is 15.9 Å². The van der Waals surface area contributed by atoms with Crippen molar-refractivity contribution in [2.75, 3.05) is 18.2 Å². The molecule has 0 aliphatic carbocycles. The van der Waals surface area contributed by atoms with Crippen molar-refractivity contribution in [2.45, 2.75) is 0 Å². The van der Waals surface area contributed by atoms with Crippen molar-refractivity contribution in [3.05, 3.63) is 52.5 Å². The minimum absolute atomic E-state index is 0.212. The molecule has 0 aliphatic heterocycles. The van der Waals surface area contributed by atoms with Crippen LogP contribution in [0.3, 0.4) is 0 Å². The number of hydrogen-bond acceptors (Lipinski definition) is 3. The zero-order valence-corrected chi connectivity index (χ0v) is 11.9. The van der Waals surface area contributed by atoms with E-state index in [9.17, 15) is 4.79 Å².